The van der Waals surface area contributed by atoms with Crippen molar-refractivity contribution < 1.29 is 27.9 Å². The van der Waals surface area contributed by atoms with Gasteiger partial charge >= 0.3 is 5.97 Å². The third kappa shape index (κ3) is 15.4. The molecule has 14 heteroatoms. The number of sulfonamides is 1. The number of carbonyl (C=O) groups excluding carboxylic acids is 2. The first-order valence-electron chi connectivity index (χ1n) is 14.7. The van der Waals surface area contributed by atoms with Crippen molar-refractivity contribution >= 4 is 58.7 Å². The summed E-state index contributed by atoms with van der Waals surface area (Å²) in [4.78, 5) is 37.2. The van der Waals surface area contributed by atoms with E-state index in [-0.39, 0.29) is 43.2 Å². The van der Waals surface area contributed by atoms with Gasteiger partial charge in [-0.1, -0.05) is 30.3 Å². The number of hydrogen-bond acceptors (Lipinski definition) is 7. The Balaban J connectivity index is 0.00000462. The molecule has 1 unspecified atom stereocenters. The zero-order chi connectivity index (χ0) is 29.5. The highest BCUT2D eigenvalue weighted by Gasteiger charge is 2.25. The predicted molar refractivity (Wildman–Crippen MR) is 173 cm³/mol. The van der Waals surface area contributed by atoms with E-state index in [1.807, 2.05) is 0 Å². The van der Waals surface area contributed by atoms with E-state index in [1.54, 1.807) is 30.3 Å². The van der Waals surface area contributed by atoms with Gasteiger partial charge in [-0.2, -0.15) is 4.72 Å². The molecule has 0 spiro atoms. The summed E-state index contributed by atoms with van der Waals surface area (Å²) in [5.74, 6) is -1.14. The number of aliphatic carboxylic acids is 1. The molecule has 2 fully saturated rings. The zero-order valence-corrected chi connectivity index (χ0v) is 26.9. The molecular weight excluding hydrogens is 617 g/mol. The van der Waals surface area contributed by atoms with Crippen LogP contribution in [0.5, 0.6) is 0 Å². The Morgan fingerprint density at radius 1 is 0.884 bits per heavy atom. The molecule has 3 rings (SSSR count). The summed E-state index contributed by atoms with van der Waals surface area (Å²) in [7, 11) is -4.08. The van der Waals surface area contributed by atoms with E-state index in [0.717, 1.165) is 83.0 Å². The first-order chi connectivity index (χ1) is 19.7. The van der Waals surface area contributed by atoms with E-state index in [9.17, 15) is 27.9 Å². The number of nitrogens with one attached hydrogen (secondary N) is 5. The number of rotatable bonds is 16. The van der Waals surface area contributed by atoms with Gasteiger partial charge in [0.25, 0.3) is 0 Å². The van der Waals surface area contributed by atoms with E-state index in [0.29, 0.717) is 17.4 Å². The normalized spacial score (nSPS) is 17.0. The van der Waals surface area contributed by atoms with Crippen molar-refractivity contribution in [3.63, 3.8) is 0 Å². The molecule has 0 bridgehead atoms. The molecule has 2 aliphatic heterocycles. The highest BCUT2D eigenvalue weighted by molar-refractivity contribution is 7.92. The fourth-order valence-corrected chi connectivity index (χ4v) is 6.36. The summed E-state index contributed by atoms with van der Waals surface area (Å²) in [5, 5.41) is 22.3. The lowest BCUT2D eigenvalue weighted by molar-refractivity contribution is -0.139. The topological polar surface area (TPSA) is 166 Å². The van der Waals surface area contributed by atoms with Crippen molar-refractivity contribution in [2.75, 3.05) is 39.3 Å². The van der Waals surface area contributed by atoms with E-state index in [1.165, 1.54) is 6.08 Å². The summed E-state index contributed by atoms with van der Waals surface area (Å²) in [6.07, 6.45) is 9.33. The van der Waals surface area contributed by atoms with Gasteiger partial charge in [-0.25, -0.2) is 8.42 Å². The van der Waals surface area contributed by atoms with Crippen LogP contribution < -0.4 is 26.0 Å². The minimum Gasteiger partial charge on any atom is -0.480 e. The molecule has 2 saturated heterocycles. The summed E-state index contributed by atoms with van der Waals surface area (Å²) < 4.78 is 26.8. The van der Waals surface area contributed by atoms with E-state index in [2.05, 4.69) is 26.0 Å². The maximum Gasteiger partial charge on any atom is 0.323 e. The van der Waals surface area contributed by atoms with Crippen LogP contribution >= 0.6 is 24.8 Å². The molecule has 0 aliphatic carbocycles. The molecule has 43 heavy (non-hydrogen) atoms. The lowest BCUT2D eigenvalue weighted by Gasteiger charge is -2.27. The van der Waals surface area contributed by atoms with Crippen molar-refractivity contribution in [1.29, 1.82) is 0 Å². The van der Waals surface area contributed by atoms with Crippen LogP contribution in [0.4, 0.5) is 0 Å². The van der Waals surface area contributed by atoms with Crippen molar-refractivity contribution in [2.24, 2.45) is 17.8 Å². The van der Waals surface area contributed by atoms with Crippen molar-refractivity contribution in [2.45, 2.75) is 57.4 Å². The Hall–Kier alpha value is -2.22. The van der Waals surface area contributed by atoms with Gasteiger partial charge in [-0.05, 0) is 101 Å². The Bertz CT molecular complexity index is 1090. The summed E-state index contributed by atoms with van der Waals surface area (Å²) in [6.45, 7) is 3.27. The van der Waals surface area contributed by atoms with Crippen LogP contribution in [0.3, 0.4) is 0 Å². The molecule has 0 saturated carbocycles. The van der Waals surface area contributed by atoms with Gasteiger partial charge in [-0.3, -0.25) is 14.4 Å². The van der Waals surface area contributed by atoms with Gasteiger partial charge in [0.2, 0.25) is 21.8 Å². The number of carbonyl (C=O) groups is 3. The zero-order valence-electron chi connectivity index (χ0n) is 24.5. The average Bonchev–Trinajstić information content (AvgIpc) is 2.98. The lowest BCUT2D eigenvalue weighted by atomic mass is 9.84. The second kappa shape index (κ2) is 20.7. The molecule has 11 nitrogen and oxygen atoms in total. The average molecular weight is 665 g/mol. The molecular formula is C29H47Cl2N5O6S. The standard InChI is InChI=1S/C29H45N5O6S.2ClH/c35-27(32-20-26(29(37)38)34-41(39,40)19-14-22-4-2-1-3-5-22)21-33-28(36)25(8-6-23-10-15-30-16-11-23)9-7-24-12-17-31-18-13-24;;/h1-5,14,19,23-26,30-31,34H,6-13,15-18,20-21H2,(H,32,35)(H,33,36)(H,37,38);2*1H/b19-14+;;. The molecule has 6 N–H and O–H groups in total. The van der Waals surface area contributed by atoms with Crippen LogP contribution in [0.2, 0.25) is 0 Å². The van der Waals surface area contributed by atoms with Crippen molar-refractivity contribution in [1.82, 2.24) is 26.0 Å². The molecule has 1 atom stereocenters. The van der Waals surface area contributed by atoms with Crippen LogP contribution in [-0.4, -0.2) is 76.6 Å². The molecule has 0 aromatic heterocycles. The molecule has 2 amide bonds. The molecule has 2 heterocycles. The third-order valence-electron chi connectivity index (χ3n) is 7.91. The first-order valence-corrected chi connectivity index (χ1v) is 16.2. The van der Waals surface area contributed by atoms with Crippen LogP contribution in [0.15, 0.2) is 35.7 Å². The minimum absolute atomic E-state index is 0. The number of carboxylic acid groups (broad SMARTS) is 1. The van der Waals surface area contributed by atoms with Crippen LogP contribution in [0.25, 0.3) is 6.08 Å². The maximum absolute atomic E-state index is 13.1. The van der Waals surface area contributed by atoms with Crippen molar-refractivity contribution in [3.05, 3.63) is 41.3 Å². The fraction of sp³-hybridized carbons (Fsp3) is 0.621. The number of halogens is 2. The monoisotopic (exact) mass is 663 g/mol. The number of carboxylic acids is 1. The molecule has 244 valence electrons. The smallest absolute Gasteiger partial charge is 0.323 e. The first kappa shape index (κ1) is 38.8. The SMILES string of the molecule is Cl.Cl.O=C(CNC(=O)C(CCC1CCNCC1)CCC1CCNCC1)NCC(NS(=O)(=O)/C=C/c1ccccc1)C(=O)O. The Labute approximate surface area is 267 Å². The third-order valence-corrected chi connectivity index (χ3v) is 9.01. The van der Waals surface area contributed by atoms with Crippen LogP contribution in [0, 0.1) is 17.8 Å². The molecule has 2 aliphatic rings. The second-order valence-corrected chi connectivity index (χ2v) is 12.6. The number of amides is 2. The highest BCUT2D eigenvalue weighted by Crippen LogP contribution is 2.26. The number of piperidine rings is 2. The van der Waals surface area contributed by atoms with E-state index in [4.69, 9.17) is 0 Å². The summed E-state index contributed by atoms with van der Waals surface area (Å²) in [5.41, 5.74) is 0.638. The Morgan fingerprint density at radius 3 is 1.93 bits per heavy atom. The van der Waals surface area contributed by atoms with Gasteiger partial charge in [0.15, 0.2) is 0 Å². The van der Waals surface area contributed by atoms with Crippen molar-refractivity contribution in [3.8, 4) is 0 Å². The van der Waals surface area contributed by atoms with Crippen LogP contribution in [0.1, 0.15) is 56.9 Å². The summed E-state index contributed by atoms with van der Waals surface area (Å²) in [6, 6.07) is 7.14. The quantitative estimate of drug-likeness (QED) is 0.157. The lowest BCUT2D eigenvalue weighted by Crippen LogP contribution is -2.49. The summed E-state index contributed by atoms with van der Waals surface area (Å²) >= 11 is 0. The Morgan fingerprint density at radius 2 is 1.42 bits per heavy atom. The maximum atomic E-state index is 13.1. The highest BCUT2D eigenvalue weighted by atomic mass is 35.5. The fourth-order valence-electron chi connectivity index (χ4n) is 5.36. The molecule has 1 aromatic carbocycles. The number of hydrogen-bond donors (Lipinski definition) is 6. The molecule has 0 radical (unpaired) electrons. The predicted octanol–water partition coefficient (Wildman–Crippen LogP) is 2.28. The van der Waals surface area contributed by atoms with Gasteiger partial charge in [0, 0.05) is 17.9 Å². The Kier molecular flexibility index (Phi) is 18.7. The van der Waals surface area contributed by atoms with E-state index >= 15 is 0 Å². The number of benzene rings is 1. The minimum atomic E-state index is -4.08. The van der Waals surface area contributed by atoms with Crippen LogP contribution in [-0.2, 0) is 24.4 Å². The van der Waals surface area contributed by atoms with Gasteiger partial charge in [0.1, 0.15) is 6.04 Å². The molecule has 1 aromatic rings. The largest absolute Gasteiger partial charge is 0.480 e. The van der Waals surface area contributed by atoms with Gasteiger partial charge in [0.05, 0.1) is 6.54 Å². The van der Waals surface area contributed by atoms with Gasteiger partial charge in [-0.15, -0.1) is 24.8 Å². The van der Waals surface area contributed by atoms with Gasteiger partial charge < -0.3 is 26.4 Å². The second-order valence-electron chi connectivity index (χ2n) is 11.0. The van der Waals surface area contributed by atoms with E-state index < -0.39 is 34.5 Å².